The minimum atomic E-state index is -1.01. The van der Waals surface area contributed by atoms with Gasteiger partial charge in [0.2, 0.25) is 11.8 Å². The molecule has 5 heteroatoms. The molecule has 0 N–H and O–H groups in total. The Morgan fingerprint density at radius 1 is 1.33 bits per heavy atom. The summed E-state index contributed by atoms with van der Waals surface area (Å²) in [4.78, 5) is 33.2. The van der Waals surface area contributed by atoms with Gasteiger partial charge < -0.3 is 9.80 Å². The van der Waals surface area contributed by atoms with Crippen LogP contribution in [0.4, 0.5) is 0 Å². The molecule has 0 bridgehead atoms. The number of piperidine rings is 1. The smallest absolute Gasteiger partial charge is 0.237 e. The van der Waals surface area contributed by atoms with Gasteiger partial charge in [-0.25, -0.2) is 0 Å². The van der Waals surface area contributed by atoms with Gasteiger partial charge in [0.15, 0.2) is 0 Å². The van der Waals surface area contributed by atoms with Crippen LogP contribution in [0.1, 0.15) is 39.2 Å². The molecular formula is C19H29N3O2. The topological polar surface area (TPSA) is 53.5 Å². The van der Waals surface area contributed by atoms with Gasteiger partial charge in [0, 0.05) is 39.1 Å². The van der Waals surface area contributed by atoms with Gasteiger partial charge in [-0.15, -0.1) is 0 Å². The summed E-state index contributed by atoms with van der Waals surface area (Å²) in [6, 6.07) is 3.90. The summed E-state index contributed by atoms with van der Waals surface area (Å²) in [5.74, 6) is 0.354. The first kappa shape index (κ1) is 18.4. The average molecular weight is 331 g/mol. The first-order chi connectivity index (χ1) is 11.3. The molecule has 0 aliphatic carbocycles. The summed E-state index contributed by atoms with van der Waals surface area (Å²) in [7, 11) is 1.78. The van der Waals surface area contributed by atoms with E-state index in [1.807, 2.05) is 17.0 Å². The zero-order chi connectivity index (χ0) is 17.7. The van der Waals surface area contributed by atoms with Crippen molar-refractivity contribution in [2.24, 2.45) is 11.3 Å². The van der Waals surface area contributed by atoms with E-state index >= 15 is 0 Å². The van der Waals surface area contributed by atoms with E-state index in [0.29, 0.717) is 12.5 Å². The van der Waals surface area contributed by atoms with Gasteiger partial charge in [-0.3, -0.25) is 14.6 Å². The molecule has 1 aromatic heterocycles. The molecule has 1 aliphatic rings. The summed E-state index contributed by atoms with van der Waals surface area (Å²) in [5.41, 5.74) is 0.128. The number of likely N-dealkylation sites (tertiary alicyclic amines) is 1. The van der Waals surface area contributed by atoms with E-state index in [4.69, 9.17) is 0 Å². The Kier molecular flexibility index (Phi) is 5.97. The van der Waals surface area contributed by atoms with Gasteiger partial charge in [0.1, 0.15) is 5.41 Å². The lowest BCUT2D eigenvalue weighted by atomic mass is 9.87. The monoisotopic (exact) mass is 331 g/mol. The predicted octanol–water partition coefficient (Wildman–Crippen LogP) is 2.37. The number of amides is 2. The van der Waals surface area contributed by atoms with Crippen LogP contribution in [-0.4, -0.2) is 53.3 Å². The molecule has 5 nitrogen and oxygen atoms in total. The molecule has 1 atom stereocenters. The van der Waals surface area contributed by atoms with E-state index in [0.717, 1.165) is 37.9 Å². The van der Waals surface area contributed by atoms with Crippen molar-refractivity contribution in [3.8, 4) is 0 Å². The van der Waals surface area contributed by atoms with Gasteiger partial charge in [-0.05, 0) is 56.7 Å². The van der Waals surface area contributed by atoms with Crippen LogP contribution < -0.4 is 0 Å². The Bertz CT molecular complexity index is 571. The number of aromatic nitrogens is 1. The molecule has 2 heterocycles. The van der Waals surface area contributed by atoms with Crippen LogP contribution >= 0.6 is 0 Å². The van der Waals surface area contributed by atoms with Gasteiger partial charge in [-0.1, -0.05) is 6.92 Å². The first-order valence-corrected chi connectivity index (χ1v) is 8.76. The third kappa shape index (κ3) is 4.34. The van der Waals surface area contributed by atoms with Crippen molar-refractivity contribution in [3.63, 3.8) is 0 Å². The van der Waals surface area contributed by atoms with Crippen molar-refractivity contribution in [3.05, 3.63) is 30.1 Å². The lowest BCUT2D eigenvalue weighted by Crippen LogP contribution is -2.52. The molecule has 1 aromatic rings. The van der Waals surface area contributed by atoms with Crippen LogP contribution in [0.15, 0.2) is 24.5 Å². The highest BCUT2D eigenvalue weighted by Crippen LogP contribution is 2.26. The highest BCUT2D eigenvalue weighted by molar-refractivity contribution is 6.04. The number of hydrogen-bond donors (Lipinski definition) is 0. The second kappa shape index (κ2) is 7.77. The van der Waals surface area contributed by atoms with Crippen LogP contribution in [0.5, 0.6) is 0 Å². The molecule has 132 valence electrons. The number of rotatable bonds is 5. The fraction of sp³-hybridized carbons (Fsp3) is 0.632. The van der Waals surface area contributed by atoms with E-state index < -0.39 is 5.41 Å². The van der Waals surface area contributed by atoms with Crippen molar-refractivity contribution in [1.82, 2.24) is 14.8 Å². The van der Waals surface area contributed by atoms with Crippen molar-refractivity contribution < 1.29 is 9.59 Å². The number of likely N-dealkylation sites (N-methyl/N-ethyl adjacent to an activating group) is 1. The fourth-order valence-corrected chi connectivity index (χ4v) is 3.29. The van der Waals surface area contributed by atoms with Gasteiger partial charge >= 0.3 is 0 Å². The molecule has 0 aromatic carbocycles. The molecule has 1 aliphatic heterocycles. The number of carbonyl (C=O) groups is 2. The molecule has 1 saturated heterocycles. The zero-order valence-corrected chi connectivity index (χ0v) is 15.3. The lowest BCUT2D eigenvalue weighted by molar-refractivity contribution is -0.154. The Morgan fingerprint density at radius 2 is 2.00 bits per heavy atom. The zero-order valence-electron chi connectivity index (χ0n) is 15.3. The second-order valence-corrected chi connectivity index (χ2v) is 7.46. The largest absolute Gasteiger partial charge is 0.345 e. The minimum absolute atomic E-state index is 0.0465. The normalized spacial score (nSPS) is 18.3. The number of hydrogen-bond acceptors (Lipinski definition) is 3. The first-order valence-electron chi connectivity index (χ1n) is 8.76. The summed E-state index contributed by atoms with van der Waals surface area (Å²) in [5, 5.41) is 0. The van der Waals surface area contributed by atoms with E-state index in [2.05, 4.69) is 11.9 Å². The summed E-state index contributed by atoms with van der Waals surface area (Å²) >= 11 is 0. The molecule has 2 amide bonds. The molecule has 0 saturated carbocycles. The van der Waals surface area contributed by atoms with Crippen molar-refractivity contribution in [1.29, 1.82) is 0 Å². The summed E-state index contributed by atoms with van der Waals surface area (Å²) < 4.78 is 0. The predicted molar refractivity (Wildman–Crippen MR) is 94.3 cm³/mol. The molecule has 0 radical (unpaired) electrons. The van der Waals surface area contributed by atoms with Gasteiger partial charge in [0.05, 0.1) is 0 Å². The van der Waals surface area contributed by atoms with E-state index in [1.54, 1.807) is 38.2 Å². The van der Waals surface area contributed by atoms with Gasteiger partial charge in [-0.2, -0.15) is 0 Å². The lowest BCUT2D eigenvalue weighted by Gasteiger charge is -2.37. The van der Waals surface area contributed by atoms with E-state index in [1.165, 1.54) is 0 Å². The Morgan fingerprint density at radius 3 is 2.62 bits per heavy atom. The van der Waals surface area contributed by atoms with Crippen LogP contribution in [0.3, 0.4) is 0 Å². The molecule has 1 unspecified atom stereocenters. The van der Waals surface area contributed by atoms with Crippen molar-refractivity contribution in [2.45, 2.75) is 40.0 Å². The molecule has 2 rings (SSSR count). The third-order valence-electron chi connectivity index (χ3n) is 4.85. The maximum atomic E-state index is 12.9. The standard InChI is InChI=1S/C19H29N3O2/c1-15-6-5-12-22(14-15)18(24)19(2,3)17(23)21(4)13-9-16-7-10-20-11-8-16/h7-8,10-11,15H,5-6,9,12-14H2,1-4H3. The summed E-state index contributed by atoms with van der Waals surface area (Å²) in [6.07, 6.45) is 6.44. The molecular weight excluding hydrogens is 302 g/mol. The van der Waals surface area contributed by atoms with Crippen LogP contribution in [0, 0.1) is 11.3 Å². The molecule has 0 spiro atoms. The Labute approximate surface area is 145 Å². The second-order valence-electron chi connectivity index (χ2n) is 7.46. The summed E-state index contributed by atoms with van der Waals surface area (Å²) in [6.45, 7) is 7.78. The third-order valence-corrected chi connectivity index (χ3v) is 4.85. The Balaban J connectivity index is 1.96. The van der Waals surface area contributed by atoms with Crippen LogP contribution in [0.2, 0.25) is 0 Å². The average Bonchev–Trinajstić information content (AvgIpc) is 2.59. The van der Waals surface area contributed by atoms with Crippen molar-refractivity contribution in [2.75, 3.05) is 26.7 Å². The maximum Gasteiger partial charge on any atom is 0.237 e. The highest BCUT2D eigenvalue weighted by Gasteiger charge is 2.41. The fourth-order valence-electron chi connectivity index (χ4n) is 3.29. The minimum Gasteiger partial charge on any atom is -0.345 e. The van der Waals surface area contributed by atoms with Crippen LogP contribution in [0.25, 0.3) is 0 Å². The van der Waals surface area contributed by atoms with E-state index in [-0.39, 0.29) is 11.8 Å². The molecule has 24 heavy (non-hydrogen) atoms. The highest BCUT2D eigenvalue weighted by atomic mass is 16.2. The number of carbonyl (C=O) groups excluding carboxylic acids is 2. The Hall–Kier alpha value is -1.91. The quantitative estimate of drug-likeness (QED) is 0.778. The molecule has 1 fully saturated rings. The SMILES string of the molecule is CC1CCCN(C(=O)C(C)(C)C(=O)N(C)CCc2ccncc2)C1. The number of nitrogens with zero attached hydrogens (tertiary/aromatic N) is 3. The number of pyridine rings is 1. The van der Waals surface area contributed by atoms with Crippen molar-refractivity contribution >= 4 is 11.8 Å². The van der Waals surface area contributed by atoms with E-state index in [9.17, 15) is 9.59 Å². The van der Waals surface area contributed by atoms with Gasteiger partial charge in [0.25, 0.3) is 0 Å². The van der Waals surface area contributed by atoms with Crippen LogP contribution in [-0.2, 0) is 16.0 Å². The maximum absolute atomic E-state index is 12.9.